The molecule has 8 nitrogen and oxygen atoms in total. The Morgan fingerprint density at radius 1 is 1.06 bits per heavy atom. The highest BCUT2D eigenvalue weighted by Gasteiger charge is 2.23. The zero-order chi connectivity index (χ0) is 24.4. The molecule has 1 unspecified atom stereocenters. The molecule has 0 aliphatic heterocycles. The number of nitrogens with zero attached hydrogens (tertiary/aromatic N) is 4. The van der Waals surface area contributed by atoms with Crippen LogP contribution in [0, 0.1) is 13.8 Å². The van der Waals surface area contributed by atoms with Crippen LogP contribution in [0.15, 0.2) is 18.3 Å². The van der Waals surface area contributed by atoms with Crippen LogP contribution in [0.4, 0.5) is 0 Å². The molecule has 0 spiro atoms. The van der Waals surface area contributed by atoms with Crippen molar-refractivity contribution in [3.05, 3.63) is 46.5 Å². The number of esters is 1. The first kappa shape index (κ1) is 24.6. The molecular weight excluding hydrogens is 420 g/mol. The zero-order valence-corrected chi connectivity index (χ0v) is 20.8. The van der Waals surface area contributed by atoms with Crippen LogP contribution in [0.3, 0.4) is 0 Å². The number of ether oxygens (including phenoxy) is 2. The lowest BCUT2D eigenvalue weighted by Gasteiger charge is -2.17. The van der Waals surface area contributed by atoms with Crippen molar-refractivity contribution in [2.75, 3.05) is 20.3 Å². The van der Waals surface area contributed by atoms with Gasteiger partial charge in [-0.2, -0.15) is 5.10 Å². The van der Waals surface area contributed by atoms with E-state index in [9.17, 15) is 9.59 Å². The summed E-state index contributed by atoms with van der Waals surface area (Å²) in [5, 5.41) is 5.03. The molecule has 0 bridgehead atoms. The van der Waals surface area contributed by atoms with Crippen LogP contribution >= 0.6 is 0 Å². The Labute approximate surface area is 194 Å². The average molecular weight is 455 g/mol. The summed E-state index contributed by atoms with van der Waals surface area (Å²) < 4.78 is 14.6. The van der Waals surface area contributed by atoms with Gasteiger partial charge < -0.3 is 14.0 Å². The molecule has 3 aromatic rings. The molecule has 0 N–H and O–H groups in total. The van der Waals surface area contributed by atoms with Crippen molar-refractivity contribution in [2.24, 2.45) is 0 Å². The molecule has 0 aliphatic rings. The second-order valence-electron chi connectivity index (χ2n) is 9.13. The predicted molar refractivity (Wildman–Crippen MR) is 127 cm³/mol. The summed E-state index contributed by atoms with van der Waals surface area (Å²) in [7, 11) is 1.65. The van der Waals surface area contributed by atoms with Crippen molar-refractivity contribution in [1.29, 1.82) is 0 Å². The van der Waals surface area contributed by atoms with E-state index in [1.54, 1.807) is 24.1 Å². The number of fused-ring (bicyclic) bond motifs is 1. The van der Waals surface area contributed by atoms with Crippen LogP contribution < -0.4 is 0 Å². The zero-order valence-electron chi connectivity index (χ0n) is 20.8. The van der Waals surface area contributed by atoms with Crippen molar-refractivity contribution < 1.29 is 19.1 Å². The van der Waals surface area contributed by atoms with E-state index in [-0.39, 0.29) is 30.4 Å². The van der Waals surface area contributed by atoms with Gasteiger partial charge >= 0.3 is 5.97 Å². The average Bonchev–Trinajstić information content (AvgIpc) is 3.31. The van der Waals surface area contributed by atoms with Gasteiger partial charge in [0.2, 0.25) is 5.78 Å². The van der Waals surface area contributed by atoms with Crippen molar-refractivity contribution >= 4 is 22.8 Å². The molecule has 3 heterocycles. The molecule has 178 valence electrons. The van der Waals surface area contributed by atoms with Crippen molar-refractivity contribution in [3.63, 3.8) is 0 Å². The van der Waals surface area contributed by atoms with Crippen LogP contribution in [0.25, 0.3) is 11.0 Å². The van der Waals surface area contributed by atoms with Crippen molar-refractivity contribution in [3.8, 4) is 0 Å². The Morgan fingerprint density at radius 3 is 2.36 bits per heavy atom. The van der Waals surface area contributed by atoms with Crippen molar-refractivity contribution in [1.82, 2.24) is 19.3 Å². The molecular formula is C25H34N4O4. The minimum Gasteiger partial charge on any atom is -0.454 e. The van der Waals surface area contributed by atoms with E-state index in [2.05, 4.69) is 9.67 Å². The first-order valence-corrected chi connectivity index (χ1v) is 11.3. The maximum Gasteiger partial charge on any atom is 0.339 e. The number of hydrogen-bond donors (Lipinski definition) is 0. The standard InChI is InChI=1S/C25H34N4O4/c1-14(2)22-10-20(21-11-26-29(15(3)4)24(21)27-22)25(31)33-13-23(30)19-9-16(5)28(18(19)7)17(6)12-32-8/h9-11,14-15,17H,12-13H2,1-8H3. The molecule has 33 heavy (non-hydrogen) atoms. The molecule has 3 aromatic heterocycles. The van der Waals surface area contributed by atoms with E-state index in [1.807, 2.05) is 54.5 Å². The SMILES string of the molecule is COCC(C)n1c(C)cc(C(=O)COC(=O)c2cc(C(C)C)nc3c2cnn3C(C)C)c1C. The quantitative estimate of drug-likeness (QED) is 0.341. The number of ketones is 1. The number of pyridine rings is 1. The van der Waals surface area contributed by atoms with Gasteiger partial charge in [-0.15, -0.1) is 0 Å². The number of carbonyl (C=O) groups excluding carboxylic acids is 2. The highest BCUT2D eigenvalue weighted by atomic mass is 16.5. The number of aryl methyl sites for hydroxylation is 1. The smallest absolute Gasteiger partial charge is 0.339 e. The van der Waals surface area contributed by atoms with Gasteiger partial charge in [0.25, 0.3) is 0 Å². The number of aromatic nitrogens is 4. The monoisotopic (exact) mass is 454 g/mol. The minimum atomic E-state index is -0.553. The predicted octanol–water partition coefficient (Wildman–Crippen LogP) is 4.80. The second kappa shape index (κ2) is 9.87. The topological polar surface area (TPSA) is 88.2 Å². The van der Waals surface area contributed by atoms with Crippen molar-refractivity contribution in [2.45, 2.75) is 66.5 Å². The van der Waals surface area contributed by atoms with Crippen LogP contribution in [0.2, 0.25) is 0 Å². The summed E-state index contributed by atoms with van der Waals surface area (Å²) in [6.07, 6.45) is 1.63. The van der Waals surface area contributed by atoms with Gasteiger partial charge in [-0.3, -0.25) is 4.79 Å². The number of carbonyl (C=O) groups is 2. The third-order valence-corrected chi connectivity index (χ3v) is 5.85. The van der Waals surface area contributed by atoms with Crippen LogP contribution in [-0.2, 0) is 9.47 Å². The molecule has 0 aromatic carbocycles. The Morgan fingerprint density at radius 2 is 1.76 bits per heavy atom. The number of Topliss-reactive ketones (excluding diaryl/α,β-unsaturated/α-hetero) is 1. The normalized spacial score (nSPS) is 12.7. The van der Waals surface area contributed by atoms with Gasteiger partial charge in [-0.25, -0.2) is 14.5 Å². The maximum absolute atomic E-state index is 13.0. The van der Waals surface area contributed by atoms with Gasteiger partial charge in [-0.1, -0.05) is 13.8 Å². The van der Waals surface area contributed by atoms with E-state index < -0.39 is 5.97 Å². The lowest BCUT2D eigenvalue weighted by Crippen LogP contribution is -2.17. The Bertz CT molecular complexity index is 1170. The minimum absolute atomic E-state index is 0.0937. The first-order chi connectivity index (χ1) is 15.6. The lowest BCUT2D eigenvalue weighted by molar-refractivity contribution is 0.0476. The fourth-order valence-electron chi connectivity index (χ4n) is 4.22. The fourth-order valence-corrected chi connectivity index (χ4v) is 4.22. The molecule has 0 saturated heterocycles. The van der Waals surface area contributed by atoms with Crippen LogP contribution in [-0.4, -0.2) is 51.4 Å². The number of hydrogen-bond acceptors (Lipinski definition) is 6. The second-order valence-corrected chi connectivity index (χ2v) is 9.13. The van der Waals surface area contributed by atoms with Gasteiger partial charge in [-0.05, 0) is 52.7 Å². The molecule has 0 fully saturated rings. The van der Waals surface area contributed by atoms with Gasteiger partial charge in [0.05, 0.1) is 29.8 Å². The summed E-state index contributed by atoms with van der Waals surface area (Å²) >= 11 is 0. The highest BCUT2D eigenvalue weighted by Crippen LogP contribution is 2.25. The van der Waals surface area contributed by atoms with Crippen LogP contribution in [0.1, 0.15) is 90.4 Å². The molecule has 0 radical (unpaired) electrons. The third kappa shape index (κ3) is 4.85. The van der Waals surface area contributed by atoms with E-state index in [0.717, 1.165) is 17.1 Å². The Hall–Kier alpha value is -3.00. The van der Waals surface area contributed by atoms with E-state index in [4.69, 9.17) is 14.5 Å². The fraction of sp³-hybridized carbons (Fsp3) is 0.520. The maximum atomic E-state index is 13.0. The van der Waals surface area contributed by atoms with Gasteiger partial charge in [0.15, 0.2) is 12.3 Å². The molecule has 8 heteroatoms. The lowest BCUT2D eigenvalue weighted by atomic mass is 10.1. The number of rotatable bonds is 9. The largest absolute Gasteiger partial charge is 0.454 e. The van der Waals surface area contributed by atoms with E-state index in [1.165, 1.54) is 0 Å². The summed E-state index contributed by atoms with van der Waals surface area (Å²) in [6, 6.07) is 3.77. The third-order valence-electron chi connectivity index (χ3n) is 5.85. The van der Waals surface area contributed by atoms with E-state index >= 15 is 0 Å². The van der Waals surface area contributed by atoms with E-state index in [0.29, 0.717) is 28.8 Å². The number of methoxy groups -OCH3 is 1. The van der Waals surface area contributed by atoms with Crippen LogP contribution in [0.5, 0.6) is 0 Å². The molecule has 3 rings (SSSR count). The summed E-state index contributed by atoms with van der Waals surface area (Å²) in [6.45, 7) is 14.2. The summed E-state index contributed by atoms with van der Waals surface area (Å²) in [5.74, 6) is -0.667. The molecule has 1 atom stereocenters. The highest BCUT2D eigenvalue weighted by molar-refractivity contribution is 6.05. The van der Waals surface area contributed by atoms with Gasteiger partial charge in [0, 0.05) is 35.8 Å². The Kier molecular flexibility index (Phi) is 7.37. The summed E-state index contributed by atoms with van der Waals surface area (Å²) in [4.78, 5) is 30.7. The molecule has 0 aliphatic carbocycles. The molecule has 0 amide bonds. The summed E-state index contributed by atoms with van der Waals surface area (Å²) in [5.41, 5.74) is 4.15. The van der Waals surface area contributed by atoms with Gasteiger partial charge in [0.1, 0.15) is 0 Å². The Balaban J connectivity index is 1.86. The molecule has 0 saturated carbocycles. The first-order valence-electron chi connectivity index (χ1n) is 11.3.